The molecule has 2 rings (SSSR count). The minimum Gasteiger partial charge on any atom is -0.493 e. The second-order valence-corrected chi connectivity index (χ2v) is 6.02. The van der Waals surface area contributed by atoms with E-state index in [0.29, 0.717) is 25.1 Å². The number of aryl methyl sites for hydroxylation is 2. The average Bonchev–Trinajstić information content (AvgIpc) is 2.45. The van der Waals surface area contributed by atoms with E-state index in [0.717, 1.165) is 31.4 Å². The Morgan fingerprint density at radius 3 is 2.55 bits per heavy atom. The molecule has 0 heterocycles. The Labute approximate surface area is 139 Å². The maximum atomic E-state index is 11.9. The zero-order chi connectivity index (χ0) is 15.2. The van der Waals surface area contributed by atoms with Gasteiger partial charge in [0.05, 0.1) is 13.0 Å². The second kappa shape index (κ2) is 9.01. The normalized spacial score (nSPS) is 20.9. The summed E-state index contributed by atoms with van der Waals surface area (Å²) >= 11 is 0. The highest BCUT2D eigenvalue weighted by Crippen LogP contribution is 2.18. The number of benzene rings is 1. The molecule has 1 aliphatic rings. The molecule has 1 saturated carbocycles. The van der Waals surface area contributed by atoms with Crippen molar-refractivity contribution in [2.24, 2.45) is 5.73 Å². The lowest BCUT2D eigenvalue weighted by atomic mass is 9.92. The number of halogens is 1. The fourth-order valence-electron chi connectivity index (χ4n) is 2.63. The Morgan fingerprint density at radius 2 is 1.91 bits per heavy atom. The van der Waals surface area contributed by atoms with Crippen molar-refractivity contribution in [2.45, 2.75) is 58.0 Å². The van der Waals surface area contributed by atoms with Crippen molar-refractivity contribution in [3.05, 3.63) is 29.3 Å². The van der Waals surface area contributed by atoms with Crippen molar-refractivity contribution in [3.63, 3.8) is 0 Å². The zero-order valence-electron chi connectivity index (χ0n) is 13.4. The van der Waals surface area contributed by atoms with E-state index < -0.39 is 0 Å². The maximum absolute atomic E-state index is 11.9. The van der Waals surface area contributed by atoms with Gasteiger partial charge in [-0.1, -0.05) is 6.07 Å². The summed E-state index contributed by atoms with van der Waals surface area (Å²) in [7, 11) is 0. The molecule has 0 saturated heterocycles. The summed E-state index contributed by atoms with van der Waals surface area (Å²) in [6, 6.07) is 6.60. The van der Waals surface area contributed by atoms with Gasteiger partial charge in [0.1, 0.15) is 5.75 Å². The van der Waals surface area contributed by atoms with Gasteiger partial charge in [-0.05, 0) is 62.8 Å². The fraction of sp³-hybridized carbons (Fsp3) is 0.588. The van der Waals surface area contributed by atoms with Gasteiger partial charge in [0, 0.05) is 12.1 Å². The SMILES string of the molecule is Cc1ccc(OCCC(=O)NC2CCC(N)CC2)cc1C.Cl. The number of rotatable bonds is 5. The summed E-state index contributed by atoms with van der Waals surface area (Å²) < 4.78 is 5.64. The number of nitrogens with two attached hydrogens (primary N) is 1. The summed E-state index contributed by atoms with van der Waals surface area (Å²) in [4.78, 5) is 11.9. The third-order valence-electron chi connectivity index (χ3n) is 4.21. The fourth-order valence-corrected chi connectivity index (χ4v) is 2.63. The number of amides is 1. The Balaban J connectivity index is 0.00000242. The number of carbonyl (C=O) groups is 1. The Hall–Kier alpha value is -1.26. The Bertz CT molecular complexity index is 486. The van der Waals surface area contributed by atoms with Gasteiger partial charge in [-0.3, -0.25) is 4.79 Å². The Morgan fingerprint density at radius 1 is 1.23 bits per heavy atom. The molecule has 3 N–H and O–H groups in total. The van der Waals surface area contributed by atoms with E-state index in [-0.39, 0.29) is 18.3 Å². The molecule has 1 aromatic carbocycles. The molecule has 124 valence electrons. The van der Waals surface area contributed by atoms with Crippen LogP contribution in [-0.2, 0) is 4.79 Å². The van der Waals surface area contributed by atoms with E-state index in [9.17, 15) is 4.79 Å². The van der Waals surface area contributed by atoms with E-state index >= 15 is 0 Å². The third-order valence-corrected chi connectivity index (χ3v) is 4.21. The van der Waals surface area contributed by atoms with Crippen LogP contribution in [0.3, 0.4) is 0 Å². The van der Waals surface area contributed by atoms with Crippen LogP contribution in [0.25, 0.3) is 0 Å². The molecular weight excluding hydrogens is 300 g/mol. The lowest BCUT2D eigenvalue weighted by molar-refractivity contribution is -0.122. The highest BCUT2D eigenvalue weighted by molar-refractivity contribution is 5.85. The van der Waals surface area contributed by atoms with Gasteiger partial charge in [0.15, 0.2) is 0 Å². The molecule has 1 amide bonds. The van der Waals surface area contributed by atoms with Gasteiger partial charge in [-0.2, -0.15) is 0 Å². The first-order valence-electron chi connectivity index (χ1n) is 7.79. The first-order valence-corrected chi connectivity index (χ1v) is 7.79. The largest absolute Gasteiger partial charge is 0.493 e. The average molecular weight is 327 g/mol. The molecule has 0 spiro atoms. The molecule has 0 unspecified atom stereocenters. The van der Waals surface area contributed by atoms with Gasteiger partial charge in [0.25, 0.3) is 0 Å². The smallest absolute Gasteiger partial charge is 0.223 e. The van der Waals surface area contributed by atoms with Crippen LogP contribution in [0, 0.1) is 13.8 Å². The topological polar surface area (TPSA) is 64.3 Å². The van der Waals surface area contributed by atoms with Crippen LogP contribution in [0.15, 0.2) is 18.2 Å². The molecular formula is C17H27ClN2O2. The van der Waals surface area contributed by atoms with Crippen LogP contribution in [0.2, 0.25) is 0 Å². The van der Waals surface area contributed by atoms with Crippen molar-refractivity contribution >= 4 is 18.3 Å². The van der Waals surface area contributed by atoms with Crippen molar-refractivity contribution in [2.75, 3.05) is 6.61 Å². The number of nitrogens with one attached hydrogen (secondary N) is 1. The minimum atomic E-state index is 0. The highest BCUT2D eigenvalue weighted by Gasteiger charge is 2.19. The van der Waals surface area contributed by atoms with E-state index in [4.69, 9.17) is 10.5 Å². The van der Waals surface area contributed by atoms with E-state index in [2.05, 4.69) is 19.2 Å². The number of hydrogen-bond acceptors (Lipinski definition) is 3. The molecule has 1 aliphatic carbocycles. The van der Waals surface area contributed by atoms with Gasteiger partial charge in [-0.25, -0.2) is 0 Å². The number of ether oxygens (including phenoxy) is 1. The molecule has 0 aromatic heterocycles. The van der Waals surface area contributed by atoms with Crippen molar-refractivity contribution in [1.29, 1.82) is 0 Å². The Kier molecular flexibility index (Phi) is 7.69. The summed E-state index contributed by atoms with van der Waals surface area (Å²) in [6.07, 6.45) is 4.39. The van der Waals surface area contributed by atoms with E-state index in [1.54, 1.807) is 0 Å². The van der Waals surface area contributed by atoms with Crippen LogP contribution >= 0.6 is 12.4 Å². The van der Waals surface area contributed by atoms with E-state index in [1.807, 2.05) is 18.2 Å². The predicted molar refractivity (Wildman–Crippen MR) is 91.7 cm³/mol. The molecule has 5 heteroatoms. The van der Waals surface area contributed by atoms with Crippen LogP contribution in [0.5, 0.6) is 5.75 Å². The van der Waals surface area contributed by atoms with Gasteiger partial charge < -0.3 is 15.8 Å². The zero-order valence-corrected chi connectivity index (χ0v) is 14.2. The lowest BCUT2D eigenvalue weighted by Gasteiger charge is -2.26. The van der Waals surface area contributed by atoms with Crippen LogP contribution in [0.4, 0.5) is 0 Å². The predicted octanol–water partition coefficient (Wildman–Crippen LogP) is 2.88. The molecule has 0 radical (unpaired) electrons. The monoisotopic (exact) mass is 326 g/mol. The van der Waals surface area contributed by atoms with Crippen molar-refractivity contribution in [3.8, 4) is 5.75 Å². The molecule has 0 aliphatic heterocycles. The summed E-state index contributed by atoms with van der Waals surface area (Å²) in [6.45, 7) is 4.55. The lowest BCUT2D eigenvalue weighted by Crippen LogP contribution is -2.40. The first-order chi connectivity index (χ1) is 10.0. The van der Waals surface area contributed by atoms with Crippen LogP contribution in [0.1, 0.15) is 43.2 Å². The first kappa shape index (κ1) is 18.8. The standard InChI is InChI=1S/C17H26N2O2.ClH/c1-12-3-8-16(11-13(12)2)21-10-9-17(20)19-15-6-4-14(18)5-7-15;/h3,8,11,14-15H,4-7,9-10,18H2,1-2H3,(H,19,20);1H. The highest BCUT2D eigenvalue weighted by atomic mass is 35.5. The molecule has 4 nitrogen and oxygen atoms in total. The quantitative estimate of drug-likeness (QED) is 0.874. The van der Waals surface area contributed by atoms with Gasteiger partial charge >= 0.3 is 0 Å². The minimum absolute atomic E-state index is 0. The molecule has 0 bridgehead atoms. The van der Waals surface area contributed by atoms with Gasteiger partial charge in [-0.15, -0.1) is 12.4 Å². The van der Waals surface area contributed by atoms with Crippen molar-refractivity contribution in [1.82, 2.24) is 5.32 Å². The van der Waals surface area contributed by atoms with Gasteiger partial charge in [0.2, 0.25) is 5.91 Å². The number of carbonyl (C=O) groups excluding carboxylic acids is 1. The summed E-state index contributed by atoms with van der Waals surface area (Å²) in [5, 5.41) is 3.07. The third kappa shape index (κ3) is 5.85. The summed E-state index contributed by atoms with van der Waals surface area (Å²) in [5.74, 6) is 0.897. The maximum Gasteiger partial charge on any atom is 0.223 e. The summed E-state index contributed by atoms with van der Waals surface area (Å²) in [5.41, 5.74) is 8.31. The molecule has 1 aromatic rings. The number of hydrogen-bond donors (Lipinski definition) is 2. The molecule has 1 fully saturated rings. The van der Waals surface area contributed by atoms with Crippen LogP contribution in [-0.4, -0.2) is 24.6 Å². The van der Waals surface area contributed by atoms with E-state index in [1.165, 1.54) is 11.1 Å². The molecule has 22 heavy (non-hydrogen) atoms. The molecule has 0 atom stereocenters. The van der Waals surface area contributed by atoms with Crippen LogP contribution < -0.4 is 15.8 Å². The van der Waals surface area contributed by atoms with Crippen molar-refractivity contribution < 1.29 is 9.53 Å². The second-order valence-electron chi connectivity index (χ2n) is 6.02.